The summed E-state index contributed by atoms with van der Waals surface area (Å²) < 4.78 is 5.07. The first-order valence-corrected chi connectivity index (χ1v) is 5.90. The number of methoxy groups -OCH3 is 1. The molecule has 0 aromatic heterocycles. The van der Waals surface area contributed by atoms with Crippen LogP contribution >= 0.6 is 0 Å². The lowest BCUT2D eigenvalue weighted by molar-refractivity contribution is -0.385. The van der Waals surface area contributed by atoms with Gasteiger partial charge in [0.05, 0.1) is 18.1 Å². The van der Waals surface area contributed by atoms with Crippen LogP contribution in [0.1, 0.15) is 18.4 Å². The Morgan fingerprint density at radius 1 is 1.39 bits per heavy atom. The molecule has 1 aliphatic carbocycles. The summed E-state index contributed by atoms with van der Waals surface area (Å²) in [6.07, 6.45) is 6.33. The third kappa shape index (κ3) is 3.07. The lowest BCUT2D eigenvalue weighted by Gasteiger charge is -2.12. The molecule has 0 aliphatic heterocycles. The second-order valence-corrected chi connectivity index (χ2v) is 4.32. The first kappa shape index (κ1) is 12.6. The van der Waals surface area contributed by atoms with E-state index in [1.54, 1.807) is 6.07 Å². The van der Waals surface area contributed by atoms with Crippen LogP contribution in [0.25, 0.3) is 0 Å². The van der Waals surface area contributed by atoms with Crippen molar-refractivity contribution in [3.05, 3.63) is 46.0 Å². The largest absolute Gasteiger partial charge is 0.496 e. The van der Waals surface area contributed by atoms with E-state index >= 15 is 0 Å². The predicted octanol–water partition coefficient (Wildman–Crippen LogP) is 2.41. The summed E-state index contributed by atoms with van der Waals surface area (Å²) in [6.45, 7) is 0.615. The molecule has 96 valence electrons. The standard InChI is InChI=1S/C13H16N2O3/c1-18-13-7-10(6-12(8-13)15(16)17)9-14-11-4-2-3-5-11/h2-3,6-8,11,14H,4-5,9H2,1H3. The highest BCUT2D eigenvalue weighted by Crippen LogP contribution is 2.22. The highest BCUT2D eigenvalue weighted by molar-refractivity contribution is 5.42. The maximum absolute atomic E-state index is 10.8. The van der Waals surface area contributed by atoms with Crippen LogP contribution in [0.15, 0.2) is 30.4 Å². The van der Waals surface area contributed by atoms with E-state index in [0.717, 1.165) is 18.4 Å². The van der Waals surface area contributed by atoms with Gasteiger partial charge < -0.3 is 10.1 Å². The van der Waals surface area contributed by atoms with Crippen molar-refractivity contribution in [2.24, 2.45) is 0 Å². The Labute approximate surface area is 106 Å². The fourth-order valence-corrected chi connectivity index (χ4v) is 2.01. The number of nitro groups is 1. The number of nitrogens with zero attached hydrogens (tertiary/aromatic N) is 1. The van der Waals surface area contributed by atoms with Gasteiger partial charge in [0, 0.05) is 18.7 Å². The van der Waals surface area contributed by atoms with Crippen LogP contribution in [0, 0.1) is 10.1 Å². The molecular formula is C13H16N2O3. The quantitative estimate of drug-likeness (QED) is 0.493. The lowest BCUT2D eigenvalue weighted by Crippen LogP contribution is -2.25. The molecule has 1 aromatic rings. The summed E-state index contributed by atoms with van der Waals surface area (Å²) in [6, 6.07) is 5.27. The molecule has 1 N–H and O–H groups in total. The second-order valence-electron chi connectivity index (χ2n) is 4.32. The average Bonchev–Trinajstić information content (AvgIpc) is 2.89. The molecule has 18 heavy (non-hydrogen) atoms. The zero-order valence-electron chi connectivity index (χ0n) is 10.3. The first-order valence-electron chi connectivity index (χ1n) is 5.90. The van der Waals surface area contributed by atoms with E-state index in [-0.39, 0.29) is 5.69 Å². The van der Waals surface area contributed by atoms with Gasteiger partial charge in [0.1, 0.15) is 5.75 Å². The molecule has 0 unspecified atom stereocenters. The Kier molecular flexibility index (Phi) is 3.94. The predicted molar refractivity (Wildman–Crippen MR) is 68.7 cm³/mol. The summed E-state index contributed by atoms with van der Waals surface area (Å²) in [5, 5.41) is 14.2. The van der Waals surface area contributed by atoms with Crippen molar-refractivity contribution in [1.82, 2.24) is 5.32 Å². The molecule has 0 radical (unpaired) electrons. The number of hydrogen-bond acceptors (Lipinski definition) is 4. The molecule has 5 nitrogen and oxygen atoms in total. The van der Waals surface area contributed by atoms with Gasteiger partial charge in [-0.25, -0.2) is 0 Å². The normalized spacial score (nSPS) is 14.9. The third-order valence-electron chi connectivity index (χ3n) is 3.00. The highest BCUT2D eigenvalue weighted by Gasteiger charge is 2.12. The molecule has 0 fully saturated rings. The minimum atomic E-state index is -0.400. The molecule has 5 heteroatoms. The van der Waals surface area contributed by atoms with E-state index in [4.69, 9.17) is 4.74 Å². The Hall–Kier alpha value is -1.88. The molecule has 0 heterocycles. The van der Waals surface area contributed by atoms with E-state index in [1.807, 2.05) is 6.07 Å². The van der Waals surface area contributed by atoms with E-state index in [9.17, 15) is 10.1 Å². The van der Waals surface area contributed by atoms with Crippen molar-refractivity contribution >= 4 is 5.69 Å². The minimum Gasteiger partial charge on any atom is -0.496 e. The highest BCUT2D eigenvalue weighted by atomic mass is 16.6. The van der Waals surface area contributed by atoms with Crippen molar-refractivity contribution in [1.29, 1.82) is 0 Å². The van der Waals surface area contributed by atoms with Crippen molar-refractivity contribution in [3.8, 4) is 5.75 Å². The second kappa shape index (κ2) is 5.64. The van der Waals surface area contributed by atoms with Crippen LogP contribution in [0.2, 0.25) is 0 Å². The van der Waals surface area contributed by atoms with Crippen molar-refractivity contribution in [2.75, 3.05) is 7.11 Å². The van der Waals surface area contributed by atoms with E-state index in [1.165, 1.54) is 13.2 Å². The van der Waals surface area contributed by atoms with Crippen molar-refractivity contribution in [2.45, 2.75) is 25.4 Å². The molecular weight excluding hydrogens is 232 g/mol. The Morgan fingerprint density at radius 3 is 2.72 bits per heavy atom. The van der Waals surface area contributed by atoms with Crippen molar-refractivity contribution in [3.63, 3.8) is 0 Å². The van der Waals surface area contributed by atoms with Crippen LogP contribution < -0.4 is 10.1 Å². The minimum absolute atomic E-state index is 0.0655. The molecule has 0 spiro atoms. The number of rotatable bonds is 5. The fraction of sp³-hybridized carbons (Fsp3) is 0.385. The topological polar surface area (TPSA) is 64.4 Å². The van der Waals surface area contributed by atoms with Crippen LogP contribution in [0.4, 0.5) is 5.69 Å². The monoisotopic (exact) mass is 248 g/mol. The van der Waals surface area contributed by atoms with Crippen LogP contribution in [0.3, 0.4) is 0 Å². The van der Waals surface area contributed by atoms with E-state index in [2.05, 4.69) is 17.5 Å². The Balaban J connectivity index is 2.06. The van der Waals surface area contributed by atoms with Gasteiger partial charge in [-0.2, -0.15) is 0 Å². The number of nitrogens with one attached hydrogen (secondary N) is 1. The number of benzene rings is 1. The molecule has 2 rings (SSSR count). The van der Waals surface area contributed by atoms with Gasteiger partial charge in [0.2, 0.25) is 0 Å². The summed E-state index contributed by atoms with van der Waals surface area (Å²) in [5.41, 5.74) is 0.934. The van der Waals surface area contributed by atoms with Gasteiger partial charge in [-0.1, -0.05) is 12.2 Å². The first-order chi connectivity index (χ1) is 8.69. The molecule has 0 saturated heterocycles. The summed E-state index contributed by atoms with van der Waals surface area (Å²) in [4.78, 5) is 10.4. The van der Waals surface area contributed by atoms with Crippen LogP contribution in [-0.4, -0.2) is 18.1 Å². The van der Waals surface area contributed by atoms with Crippen molar-refractivity contribution < 1.29 is 9.66 Å². The molecule has 1 aromatic carbocycles. The van der Waals surface area contributed by atoms with Gasteiger partial charge in [-0.05, 0) is 24.5 Å². The van der Waals surface area contributed by atoms with Gasteiger partial charge in [-0.15, -0.1) is 0 Å². The Morgan fingerprint density at radius 2 is 2.11 bits per heavy atom. The molecule has 1 aliphatic rings. The number of hydrogen-bond donors (Lipinski definition) is 1. The number of non-ortho nitro benzene ring substituents is 1. The smallest absolute Gasteiger partial charge is 0.273 e. The molecule has 0 amide bonds. The van der Waals surface area contributed by atoms with Gasteiger partial charge in [0.25, 0.3) is 5.69 Å². The fourth-order valence-electron chi connectivity index (χ4n) is 2.01. The summed E-state index contributed by atoms with van der Waals surface area (Å²) in [7, 11) is 1.51. The average molecular weight is 248 g/mol. The lowest BCUT2D eigenvalue weighted by atomic mass is 10.1. The van der Waals surface area contributed by atoms with Crippen LogP contribution in [0.5, 0.6) is 5.75 Å². The van der Waals surface area contributed by atoms with Gasteiger partial charge in [-0.3, -0.25) is 10.1 Å². The maximum Gasteiger partial charge on any atom is 0.273 e. The molecule has 0 saturated carbocycles. The van der Waals surface area contributed by atoms with Crippen LogP contribution in [-0.2, 0) is 6.54 Å². The van der Waals surface area contributed by atoms with Gasteiger partial charge >= 0.3 is 0 Å². The zero-order chi connectivity index (χ0) is 13.0. The SMILES string of the molecule is COc1cc(CNC2CC=CC2)cc([N+](=O)[O-])c1. The maximum atomic E-state index is 10.8. The van der Waals surface area contributed by atoms with E-state index < -0.39 is 4.92 Å². The summed E-state index contributed by atoms with van der Waals surface area (Å²) in [5.74, 6) is 0.519. The summed E-state index contributed by atoms with van der Waals surface area (Å²) >= 11 is 0. The zero-order valence-corrected chi connectivity index (χ0v) is 10.3. The number of ether oxygens (including phenoxy) is 1. The molecule has 0 bridgehead atoms. The van der Waals surface area contributed by atoms with E-state index in [0.29, 0.717) is 18.3 Å². The Bertz CT molecular complexity index is 463. The third-order valence-corrected chi connectivity index (χ3v) is 3.00. The van der Waals surface area contributed by atoms with Gasteiger partial charge in [0.15, 0.2) is 0 Å². The molecule has 0 atom stereocenters. The number of nitro benzene ring substituents is 1.